The molecule has 1 aromatic heterocycles. The summed E-state index contributed by atoms with van der Waals surface area (Å²) < 4.78 is 1.69. The van der Waals surface area contributed by atoms with Gasteiger partial charge in [0.05, 0.1) is 5.52 Å². The molecule has 0 saturated carbocycles. The lowest BCUT2D eigenvalue weighted by Gasteiger charge is -1.98. The number of benzene rings is 1. The lowest BCUT2D eigenvalue weighted by Crippen LogP contribution is -2.08. The normalized spacial score (nSPS) is 11.9. The Hall–Kier alpha value is -1.97. The molecule has 0 saturated heterocycles. The fourth-order valence-corrected chi connectivity index (χ4v) is 1.29. The number of nitrogens with zero attached hydrogens (tertiary/aromatic N) is 4. The first-order valence-corrected chi connectivity index (χ1v) is 4.29. The lowest BCUT2D eigenvalue weighted by molar-refractivity contribution is 0.857. The van der Waals surface area contributed by atoms with Crippen molar-refractivity contribution in [3.63, 3.8) is 0 Å². The molecule has 0 aliphatic heterocycles. The minimum atomic E-state index is 0.758. The van der Waals surface area contributed by atoms with Gasteiger partial charge in [0.15, 0.2) is 0 Å². The van der Waals surface area contributed by atoms with Crippen LogP contribution in [0.1, 0.15) is 6.92 Å². The van der Waals surface area contributed by atoms with Crippen LogP contribution in [0.5, 0.6) is 0 Å². The first kappa shape index (κ1) is 8.62. The van der Waals surface area contributed by atoms with Gasteiger partial charge < -0.3 is 0 Å². The van der Waals surface area contributed by atoms with E-state index < -0.39 is 0 Å². The summed E-state index contributed by atoms with van der Waals surface area (Å²) in [6, 6.07) is 7.75. The van der Waals surface area contributed by atoms with E-state index in [1.807, 2.05) is 31.2 Å². The van der Waals surface area contributed by atoms with Gasteiger partial charge in [0.1, 0.15) is 11.4 Å². The van der Waals surface area contributed by atoms with Crippen molar-refractivity contribution in [3.05, 3.63) is 37.0 Å². The minimum absolute atomic E-state index is 0.758. The van der Waals surface area contributed by atoms with E-state index in [1.54, 1.807) is 4.68 Å². The molecule has 0 radical (unpaired) electrons. The molecule has 2 aromatic rings. The third kappa shape index (κ3) is 1.31. The van der Waals surface area contributed by atoms with Crippen molar-refractivity contribution in [2.45, 2.75) is 6.92 Å². The summed E-state index contributed by atoms with van der Waals surface area (Å²) >= 11 is 0. The Kier molecular flexibility index (Phi) is 2.10. The highest BCUT2D eigenvalue weighted by atomic mass is 15.4. The fourth-order valence-electron chi connectivity index (χ4n) is 1.29. The first-order valence-electron chi connectivity index (χ1n) is 4.29. The lowest BCUT2D eigenvalue weighted by atomic mass is 10.3. The number of rotatable bonds is 1. The second-order valence-corrected chi connectivity index (χ2v) is 2.85. The monoisotopic (exact) mass is 186 g/mol. The van der Waals surface area contributed by atoms with Gasteiger partial charge in [0.25, 0.3) is 0 Å². The maximum absolute atomic E-state index is 4.06. The van der Waals surface area contributed by atoms with Crippen LogP contribution >= 0.6 is 0 Å². The summed E-state index contributed by atoms with van der Waals surface area (Å²) in [6.07, 6.45) is 1.49. The number of aromatic nitrogens is 3. The summed E-state index contributed by atoms with van der Waals surface area (Å²) in [6.45, 7) is 5.41. The zero-order valence-electron chi connectivity index (χ0n) is 7.88. The molecule has 0 bridgehead atoms. The molecule has 1 heterocycles. The van der Waals surface area contributed by atoms with Crippen molar-refractivity contribution in [3.8, 4) is 0 Å². The maximum Gasteiger partial charge on any atom is 0.129 e. The second kappa shape index (κ2) is 3.41. The summed E-state index contributed by atoms with van der Waals surface area (Å²) in [5, 5.41) is 8.02. The Morgan fingerprint density at radius 2 is 2.29 bits per heavy atom. The van der Waals surface area contributed by atoms with Gasteiger partial charge in [-0.1, -0.05) is 23.9 Å². The van der Waals surface area contributed by atoms with Gasteiger partial charge in [-0.25, -0.2) is 4.99 Å². The van der Waals surface area contributed by atoms with E-state index in [0.29, 0.717) is 0 Å². The fraction of sp³-hybridized carbons (Fsp3) is 0.100. The van der Waals surface area contributed by atoms with Crippen LogP contribution in [0.3, 0.4) is 0 Å². The van der Waals surface area contributed by atoms with E-state index in [4.69, 9.17) is 0 Å². The summed E-state index contributed by atoms with van der Waals surface area (Å²) in [7, 11) is 0. The molecule has 2 rings (SSSR count). The summed E-state index contributed by atoms with van der Waals surface area (Å²) in [5.41, 5.74) is 1.82. The van der Waals surface area contributed by atoms with Crippen molar-refractivity contribution >= 4 is 16.9 Å². The number of para-hydroxylation sites is 1. The smallest absolute Gasteiger partial charge is 0.129 e. The van der Waals surface area contributed by atoms with Crippen molar-refractivity contribution < 1.29 is 0 Å². The van der Waals surface area contributed by atoms with E-state index in [9.17, 15) is 0 Å². The van der Waals surface area contributed by atoms with Crippen LogP contribution in [0, 0.1) is 0 Å². The molecule has 0 aliphatic rings. The second-order valence-electron chi connectivity index (χ2n) is 2.85. The standard InChI is InChI=1S/C10H10N4/c1-3-11-8(2)14-10-7-5-4-6-9(10)12-13-14/h3-7H,1H2,2H3/b11-8+. The van der Waals surface area contributed by atoms with Gasteiger partial charge in [-0.15, -0.1) is 5.10 Å². The van der Waals surface area contributed by atoms with E-state index in [-0.39, 0.29) is 0 Å². The molecule has 14 heavy (non-hydrogen) atoms. The highest BCUT2D eigenvalue weighted by molar-refractivity contribution is 5.90. The minimum Gasteiger partial charge on any atom is -0.242 e. The van der Waals surface area contributed by atoms with Gasteiger partial charge in [-0.3, -0.25) is 0 Å². The topological polar surface area (TPSA) is 43.1 Å². The van der Waals surface area contributed by atoms with Crippen molar-refractivity contribution in [2.24, 2.45) is 4.99 Å². The highest BCUT2D eigenvalue weighted by Gasteiger charge is 2.04. The zero-order valence-corrected chi connectivity index (χ0v) is 7.88. The molecular formula is C10H10N4. The Labute approximate surface area is 81.6 Å². The Morgan fingerprint density at radius 1 is 1.50 bits per heavy atom. The Morgan fingerprint density at radius 3 is 3.07 bits per heavy atom. The van der Waals surface area contributed by atoms with Gasteiger partial charge in [-0.05, 0) is 19.1 Å². The van der Waals surface area contributed by atoms with Crippen molar-refractivity contribution in [1.82, 2.24) is 15.0 Å². The molecular weight excluding hydrogens is 176 g/mol. The molecule has 70 valence electrons. The van der Waals surface area contributed by atoms with Gasteiger partial charge >= 0.3 is 0 Å². The van der Waals surface area contributed by atoms with Crippen LogP contribution in [0.25, 0.3) is 11.0 Å². The van der Waals surface area contributed by atoms with Crippen LogP contribution in [0.2, 0.25) is 0 Å². The average molecular weight is 186 g/mol. The van der Waals surface area contributed by atoms with Crippen molar-refractivity contribution in [2.75, 3.05) is 0 Å². The van der Waals surface area contributed by atoms with Crippen LogP contribution in [0.4, 0.5) is 0 Å². The molecule has 0 spiro atoms. The predicted octanol–water partition coefficient (Wildman–Crippen LogP) is 1.84. The SMILES string of the molecule is C=C/N=C(\C)n1nnc2ccccc21. The van der Waals surface area contributed by atoms with Crippen LogP contribution in [-0.4, -0.2) is 20.8 Å². The number of hydrogen-bond acceptors (Lipinski definition) is 3. The number of fused-ring (bicyclic) bond motifs is 1. The number of hydrogen-bond donors (Lipinski definition) is 0. The molecule has 0 fully saturated rings. The molecule has 0 atom stereocenters. The van der Waals surface area contributed by atoms with Crippen LogP contribution < -0.4 is 0 Å². The predicted molar refractivity (Wildman–Crippen MR) is 56.2 cm³/mol. The van der Waals surface area contributed by atoms with Crippen LogP contribution in [-0.2, 0) is 0 Å². The van der Waals surface area contributed by atoms with E-state index in [1.165, 1.54) is 6.20 Å². The van der Waals surface area contributed by atoms with E-state index in [0.717, 1.165) is 16.9 Å². The van der Waals surface area contributed by atoms with Crippen LogP contribution in [0.15, 0.2) is 42.0 Å². The Balaban J connectivity index is 2.64. The molecule has 4 nitrogen and oxygen atoms in total. The third-order valence-corrected chi connectivity index (χ3v) is 1.94. The molecule has 4 heteroatoms. The largest absolute Gasteiger partial charge is 0.242 e. The zero-order chi connectivity index (χ0) is 9.97. The number of aliphatic imine (C=N–C) groups is 1. The maximum atomic E-state index is 4.06. The van der Waals surface area contributed by atoms with Gasteiger partial charge in [0, 0.05) is 6.20 Å². The molecule has 1 aromatic carbocycles. The first-order chi connectivity index (χ1) is 6.83. The molecule has 0 unspecified atom stereocenters. The molecule has 0 amide bonds. The molecule has 0 N–H and O–H groups in total. The quantitative estimate of drug-likeness (QED) is 0.503. The summed E-state index contributed by atoms with van der Waals surface area (Å²) in [4.78, 5) is 4.06. The Bertz CT molecular complexity index is 496. The van der Waals surface area contributed by atoms with Gasteiger partial charge in [0.2, 0.25) is 0 Å². The highest BCUT2D eigenvalue weighted by Crippen LogP contribution is 2.09. The van der Waals surface area contributed by atoms with Crippen molar-refractivity contribution in [1.29, 1.82) is 0 Å². The third-order valence-electron chi connectivity index (χ3n) is 1.94. The van der Waals surface area contributed by atoms with E-state index >= 15 is 0 Å². The summed E-state index contributed by atoms with van der Waals surface area (Å²) in [5.74, 6) is 0.758. The molecule has 0 aliphatic carbocycles. The van der Waals surface area contributed by atoms with E-state index in [2.05, 4.69) is 21.9 Å². The van der Waals surface area contributed by atoms with Gasteiger partial charge in [-0.2, -0.15) is 4.68 Å². The average Bonchev–Trinajstić information content (AvgIpc) is 2.61.